The summed E-state index contributed by atoms with van der Waals surface area (Å²) in [5, 5.41) is 2.54. The lowest BCUT2D eigenvalue weighted by atomic mass is 10.0. The number of aryl methyl sites for hydroxylation is 2. The van der Waals surface area contributed by atoms with Crippen molar-refractivity contribution in [2.75, 3.05) is 5.32 Å². The minimum Gasteiger partial charge on any atom is -0.323 e. The first kappa shape index (κ1) is 11.7. The quantitative estimate of drug-likeness (QED) is 0.699. The zero-order valence-corrected chi connectivity index (χ0v) is 9.36. The third-order valence-electron chi connectivity index (χ3n) is 2.20. The van der Waals surface area contributed by atoms with Crippen molar-refractivity contribution < 1.29 is 9.18 Å². The lowest BCUT2D eigenvalue weighted by Crippen LogP contribution is -2.20. The highest BCUT2D eigenvalue weighted by molar-refractivity contribution is 5.94. The molecule has 15 heavy (non-hydrogen) atoms. The molecule has 1 N–H and O–H groups in total. The van der Waals surface area contributed by atoms with Gasteiger partial charge in [0.15, 0.2) is 0 Å². The number of carbonyl (C=O) groups is 1. The van der Waals surface area contributed by atoms with Crippen molar-refractivity contribution in [2.24, 2.45) is 0 Å². The molecule has 0 fully saturated rings. The molecule has 1 aliphatic heterocycles. The van der Waals surface area contributed by atoms with Crippen molar-refractivity contribution in [2.45, 2.75) is 33.6 Å². The summed E-state index contributed by atoms with van der Waals surface area (Å²) in [6.07, 6.45) is 1.09. The molecule has 0 atom stereocenters. The van der Waals surface area contributed by atoms with Crippen LogP contribution in [-0.4, -0.2) is 5.91 Å². The van der Waals surface area contributed by atoms with Gasteiger partial charge in [-0.3, -0.25) is 4.79 Å². The maximum atomic E-state index is 13.3. The number of carbonyl (C=O) groups excluding carboxylic acids is 1. The van der Waals surface area contributed by atoms with Gasteiger partial charge in [-0.15, -0.1) is 0 Å². The Kier molecular flexibility index (Phi) is 3.83. The average Bonchev–Trinajstić information content (AvgIpc) is 2.22. The molecule has 0 aromatic heterocycles. The molecule has 1 heterocycles. The Hall–Kier alpha value is -1.38. The fraction of sp³-hybridized carbons (Fsp3) is 0.417. The number of fused-ring (bicyclic) bond motifs is 1. The Bertz CT molecular complexity index is 374. The van der Waals surface area contributed by atoms with Crippen LogP contribution in [0.15, 0.2) is 12.1 Å². The van der Waals surface area contributed by atoms with Crippen LogP contribution in [0.3, 0.4) is 0 Å². The largest absolute Gasteiger partial charge is 0.323 e. The second-order valence-corrected chi connectivity index (χ2v) is 3.33. The Morgan fingerprint density at radius 1 is 1.27 bits per heavy atom. The maximum Gasteiger partial charge on any atom is 0.224 e. The summed E-state index contributed by atoms with van der Waals surface area (Å²) in [4.78, 5) is 11.0. The van der Waals surface area contributed by atoms with Crippen LogP contribution in [-0.2, 0) is 11.2 Å². The monoisotopic (exact) mass is 209 g/mol. The standard InChI is InChI=1S/C10H10FNO.C2H6/c1-6-4-7-2-3-9(13)12-10(7)8(11)5-6;1-2/h4-5H,2-3H2,1H3,(H,12,13);1-2H3. The van der Waals surface area contributed by atoms with Gasteiger partial charge in [-0.05, 0) is 30.5 Å². The van der Waals surface area contributed by atoms with Crippen molar-refractivity contribution in [3.63, 3.8) is 0 Å². The van der Waals surface area contributed by atoms with Crippen LogP contribution in [0.1, 0.15) is 31.4 Å². The molecule has 1 aromatic rings. The lowest BCUT2D eigenvalue weighted by molar-refractivity contribution is -0.116. The summed E-state index contributed by atoms with van der Waals surface area (Å²) in [6.45, 7) is 5.85. The van der Waals surface area contributed by atoms with Gasteiger partial charge in [0.25, 0.3) is 0 Å². The van der Waals surface area contributed by atoms with Crippen molar-refractivity contribution in [3.05, 3.63) is 29.1 Å². The molecule has 0 aliphatic carbocycles. The number of benzene rings is 1. The van der Waals surface area contributed by atoms with Gasteiger partial charge in [0, 0.05) is 6.42 Å². The first-order valence-electron chi connectivity index (χ1n) is 5.25. The van der Waals surface area contributed by atoms with Gasteiger partial charge in [-0.2, -0.15) is 0 Å². The molecule has 0 radical (unpaired) electrons. The van der Waals surface area contributed by atoms with Gasteiger partial charge in [0.05, 0.1) is 5.69 Å². The Balaban J connectivity index is 0.000000531. The predicted molar refractivity (Wildman–Crippen MR) is 59.4 cm³/mol. The van der Waals surface area contributed by atoms with E-state index in [-0.39, 0.29) is 11.7 Å². The van der Waals surface area contributed by atoms with Gasteiger partial charge in [0.1, 0.15) is 5.82 Å². The zero-order valence-electron chi connectivity index (χ0n) is 9.36. The SMILES string of the molecule is CC.Cc1cc(F)c2c(c1)CCC(=O)N2. The summed E-state index contributed by atoms with van der Waals surface area (Å²) in [7, 11) is 0. The molecule has 1 amide bonds. The molecule has 82 valence electrons. The molecular weight excluding hydrogens is 193 g/mol. The second-order valence-electron chi connectivity index (χ2n) is 3.33. The average molecular weight is 209 g/mol. The summed E-state index contributed by atoms with van der Waals surface area (Å²) in [5.74, 6) is -0.432. The summed E-state index contributed by atoms with van der Waals surface area (Å²) in [5.41, 5.74) is 2.16. The Morgan fingerprint density at radius 3 is 2.60 bits per heavy atom. The van der Waals surface area contributed by atoms with Gasteiger partial charge >= 0.3 is 0 Å². The van der Waals surface area contributed by atoms with Gasteiger partial charge in [0.2, 0.25) is 5.91 Å². The van der Waals surface area contributed by atoms with Crippen LogP contribution in [0.4, 0.5) is 10.1 Å². The van der Waals surface area contributed by atoms with Crippen molar-refractivity contribution in [1.82, 2.24) is 0 Å². The van der Waals surface area contributed by atoms with Crippen LogP contribution in [0.2, 0.25) is 0 Å². The molecule has 2 rings (SSSR count). The zero-order chi connectivity index (χ0) is 11.4. The van der Waals surface area contributed by atoms with Crippen LogP contribution in [0.5, 0.6) is 0 Å². The molecule has 0 spiro atoms. The van der Waals surface area contributed by atoms with E-state index in [1.807, 2.05) is 26.8 Å². The number of amides is 1. The third kappa shape index (κ3) is 2.55. The Labute approximate surface area is 89.5 Å². The van der Waals surface area contributed by atoms with E-state index in [0.29, 0.717) is 18.5 Å². The molecule has 1 aliphatic rings. The molecular formula is C12H16FNO. The third-order valence-corrected chi connectivity index (χ3v) is 2.20. The van der Waals surface area contributed by atoms with E-state index in [2.05, 4.69) is 5.32 Å². The lowest BCUT2D eigenvalue weighted by Gasteiger charge is -2.17. The minimum absolute atomic E-state index is 0.102. The smallest absolute Gasteiger partial charge is 0.224 e. The minimum atomic E-state index is -0.331. The number of rotatable bonds is 0. The van der Waals surface area contributed by atoms with Crippen molar-refractivity contribution in [1.29, 1.82) is 0 Å². The molecule has 1 aromatic carbocycles. The molecule has 3 heteroatoms. The van der Waals surface area contributed by atoms with E-state index < -0.39 is 0 Å². The normalized spacial score (nSPS) is 13.5. The molecule has 0 saturated heterocycles. The van der Waals surface area contributed by atoms with Crippen LogP contribution >= 0.6 is 0 Å². The van der Waals surface area contributed by atoms with Gasteiger partial charge < -0.3 is 5.32 Å². The fourth-order valence-electron chi connectivity index (χ4n) is 1.60. The number of halogens is 1. The first-order chi connectivity index (χ1) is 7.16. The molecule has 2 nitrogen and oxygen atoms in total. The maximum absolute atomic E-state index is 13.3. The van der Waals surface area contributed by atoms with Gasteiger partial charge in [-0.25, -0.2) is 4.39 Å². The number of hydrogen-bond donors (Lipinski definition) is 1. The van der Waals surface area contributed by atoms with Crippen LogP contribution < -0.4 is 5.32 Å². The predicted octanol–water partition coefficient (Wildman–Crippen LogP) is 3.05. The molecule has 0 unspecified atom stereocenters. The summed E-state index contributed by atoms with van der Waals surface area (Å²) >= 11 is 0. The second kappa shape index (κ2) is 4.91. The number of nitrogens with one attached hydrogen (secondary N) is 1. The number of hydrogen-bond acceptors (Lipinski definition) is 1. The highest BCUT2D eigenvalue weighted by Crippen LogP contribution is 2.26. The van der Waals surface area contributed by atoms with E-state index in [1.165, 1.54) is 6.07 Å². The Morgan fingerprint density at radius 2 is 1.93 bits per heavy atom. The highest BCUT2D eigenvalue weighted by atomic mass is 19.1. The molecule has 0 saturated carbocycles. The molecule has 0 bridgehead atoms. The number of anilines is 1. The van der Waals surface area contributed by atoms with Crippen molar-refractivity contribution >= 4 is 11.6 Å². The van der Waals surface area contributed by atoms with Gasteiger partial charge in [-0.1, -0.05) is 19.9 Å². The topological polar surface area (TPSA) is 29.1 Å². The van der Waals surface area contributed by atoms with E-state index in [4.69, 9.17) is 0 Å². The van der Waals surface area contributed by atoms with Crippen molar-refractivity contribution in [3.8, 4) is 0 Å². The van der Waals surface area contributed by atoms with Crippen LogP contribution in [0, 0.1) is 12.7 Å². The van der Waals surface area contributed by atoms with E-state index in [9.17, 15) is 9.18 Å². The first-order valence-corrected chi connectivity index (χ1v) is 5.25. The fourth-order valence-corrected chi connectivity index (χ4v) is 1.60. The van der Waals surface area contributed by atoms with E-state index >= 15 is 0 Å². The van der Waals surface area contributed by atoms with E-state index in [0.717, 1.165) is 11.1 Å². The highest BCUT2D eigenvalue weighted by Gasteiger charge is 2.18. The van der Waals surface area contributed by atoms with E-state index in [1.54, 1.807) is 0 Å². The summed E-state index contributed by atoms with van der Waals surface area (Å²) in [6, 6.07) is 3.35. The van der Waals surface area contributed by atoms with Crippen LogP contribution in [0.25, 0.3) is 0 Å². The summed E-state index contributed by atoms with van der Waals surface area (Å²) < 4.78 is 13.3.